The third kappa shape index (κ3) is 7.25. The number of carbonyl (C=O) groups is 2. The van der Waals surface area contributed by atoms with E-state index in [0.29, 0.717) is 9.60 Å². The van der Waals surface area contributed by atoms with Crippen LogP contribution in [-0.4, -0.2) is 75.5 Å². The van der Waals surface area contributed by atoms with Crippen molar-refractivity contribution in [2.45, 2.75) is 68.3 Å². The minimum Gasteiger partial charge on any atom is -0.592 e. The first kappa shape index (κ1) is 31.1. The fraction of sp³-hybridized carbons (Fsp3) is 0.481. The second-order valence-electron chi connectivity index (χ2n) is 10.5. The quantitative estimate of drug-likeness (QED) is 0.249. The highest BCUT2D eigenvalue weighted by Crippen LogP contribution is 2.35. The van der Waals surface area contributed by atoms with E-state index in [-0.39, 0.29) is 36.2 Å². The molecule has 0 saturated carbocycles. The molecule has 2 fully saturated rings. The SMILES string of the molecule is CC(C)OC(=O)[C@@H](Cc1cc2ccnc(N)c2cc1OC(F)(F)F)N1CC[C@H](N[S@@+]([O-])c2cnc(N3CCCC3)s2)C1=O. The Bertz CT molecular complexity index is 1480. The van der Waals surface area contributed by atoms with Crippen molar-refractivity contribution in [3.8, 4) is 5.75 Å². The lowest BCUT2D eigenvalue weighted by molar-refractivity contribution is -0.274. The number of amides is 1. The average Bonchev–Trinajstić information content (AvgIpc) is 3.69. The molecule has 43 heavy (non-hydrogen) atoms. The summed E-state index contributed by atoms with van der Waals surface area (Å²) in [5, 5.41) is 1.49. The van der Waals surface area contributed by atoms with Gasteiger partial charge in [0.1, 0.15) is 23.7 Å². The lowest BCUT2D eigenvalue weighted by Crippen LogP contribution is -2.49. The summed E-state index contributed by atoms with van der Waals surface area (Å²) < 4.78 is 66.3. The van der Waals surface area contributed by atoms with Crippen LogP contribution < -0.4 is 20.1 Å². The summed E-state index contributed by atoms with van der Waals surface area (Å²) in [5.74, 6) is -1.86. The number of aromatic nitrogens is 2. The van der Waals surface area contributed by atoms with Crippen LogP contribution in [-0.2, 0) is 32.1 Å². The number of likely N-dealkylation sites (tertiary alicyclic amines) is 1. The molecule has 3 N–H and O–H groups in total. The predicted molar refractivity (Wildman–Crippen MR) is 155 cm³/mol. The van der Waals surface area contributed by atoms with E-state index in [1.807, 2.05) is 0 Å². The first-order chi connectivity index (χ1) is 20.4. The molecule has 2 aliphatic heterocycles. The summed E-state index contributed by atoms with van der Waals surface area (Å²) in [7, 11) is 0. The maximum absolute atomic E-state index is 13.5. The fourth-order valence-electron chi connectivity index (χ4n) is 5.19. The second kappa shape index (κ2) is 12.7. The largest absolute Gasteiger partial charge is 0.592 e. The van der Waals surface area contributed by atoms with Crippen LogP contribution in [0.25, 0.3) is 10.8 Å². The first-order valence-electron chi connectivity index (χ1n) is 13.7. The number of carbonyl (C=O) groups excluding carboxylic acids is 2. The van der Waals surface area contributed by atoms with Crippen molar-refractivity contribution >= 4 is 56.3 Å². The number of hydrogen-bond acceptors (Lipinski definition) is 11. The van der Waals surface area contributed by atoms with Crippen molar-refractivity contribution in [3.63, 3.8) is 0 Å². The normalized spacial score (nSPS) is 19.0. The van der Waals surface area contributed by atoms with Gasteiger partial charge in [-0.2, -0.15) is 0 Å². The molecule has 0 radical (unpaired) electrons. The number of pyridine rings is 1. The van der Waals surface area contributed by atoms with Gasteiger partial charge >= 0.3 is 12.3 Å². The van der Waals surface area contributed by atoms with Gasteiger partial charge in [-0.15, -0.1) is 17.9 Å². The van der Waals surface area contributed by atoms with E-state index in [2.05, 4.69) is 24.3 Å². The van der Waals surface area contributed by atoms with Crippen molar-refractivity contribution in [1.29, 1.82) is 0 Å². The van der Waals surface area contributed by atoms with E-state index in [1.54, 1.807) is 19.9 Å². The summed E-state index contributed by atoms with van der Waals surface area (Å²) in [6.45, 7) is 5.11. The van der Waals surface area contributed by atoms with Gasteiger partial charge in [-0.1, -0.05) is 0 Å². The number of ether oxygens (including phenoxy) is 2. The van der Waals surface area contributed by atoms with Gasteiger partial charge in [0.25, 0.3) is 0 Å². The standard InChI is InChI=1S/C27H31F3N6O5S2/c1-15(2)40-25(38)20(12-17-11-16-5-7-32-23(31)18(16)13-21(17)41-27(28,29)30)36-10-6-19(24(36)37)34-43(39)22-14-33-26(42-22)35-8-3-4-9-35/h5,7,11,13-15,19-20,34H,3-4,6,8-10,12H2,1-2H3,(H2,31,32)/t19-,20+,43-/m0/s1. The van der Waals surface area contributed by atoms with Crippen LogP contribution >= 0.6 is 11.3 Å². The molecule has 3 aromatic rings. The predicted octanol–water partition coefficient (Wildman–Crippen LogP) is 3.55. The lowest BCUT2D eigenvalue weighted by atomic mass is 10.00. The monoisotopic (exact) mass is 640 g/mol. The molecule has 2 aliphatic rings. The number of fused-ring (bicyclic) bond motifs is 1. The number of hydrogen-bond donors (Lipinski definition) is 2. The Balaban J connectivity index is 1.38. The second-order valence-corrected chi connectivity index (χ2v) is 13.0. The Hall–Kier alpha value is -3.34. The minimum absolute atomic E-state index is 0.0111. The molecule has 11 nitrogen and oxygen atoms in total. The van der Waals surface area contributed by atoms with E-state index in [4.69, 9.17) is 10.5 Å². The van der Waals surface area contributed by atoms with Crippen molar-refractivity contribution in [2.24, 2.45) is 0 Å². The van der Waals surface area contributed by atoms with E-state index in [9.17, 15) is 27.3 Å². The maximum atomic E-state index is 13.5. The van der Waals surface area contributed by atoms with Crippen molar-refractivity contribution in [1.82, 2.24) is 19.6 Å². The molecule has 16 heteroatoms. The fourth-order valence-corrected chi connectivity index (χ4v) is 7.30. The molecule has 0 unspecified atom stereocenters. The first-order valence-corrected chi connectivity index (χ1v) is 15.7. The molecule has 0 bridgehead atoms. The molecule has 0 aliphatic carbocycles. The number of anilines is 2. The molecular formula is C27H31F3N6O5S2. The van der Waals surface area contributed by atoms with Crippen molar-refractivity contribution < 1.29 is 36.8 Å². The molecular weight excluding hydrogens is 609 g/mol. The average molecular weight is 641 g/mol. The molecule has 232 valence electrons. The van der Waals surface area contributed by atoms with Gasteiger partial charge in [0.05, 0.1) is 23.7 Å². The summed E-state index contributed by atoms with van der Waals surface area (Å²) in [4.78, 5) is 38.5. The van der Waals surface area contributed by atoms with Gasteiger partial charge < -0.3 is 29.6 Å². The van der Waals surface area contributed by atoms with Crippen LogP contribution in [0, 0.1) is 0 Å². The molecule has 2 saturated heterocycles. The van der Waals surface area contributed by atoms with Crippen LogP contribution in [0.4, 0.5) is 24.1 Å². The Morgan fingerprint density at radius 3 is 2.70 bits per heavy atom. The Labute approximate surface area is 252 Å². The zero-order valence-electron chi connectivity index (χ0n) is 23.4. The van der Waals surface area contributed by atoms with Crippen LogP contribution in [0.3, 0.4) is 0 Å². The van der Waals surface area contributed by atoms with Gasteiger partial charge in [-0.25, -0.2) is 14.8 Å². The molecule has 2 aromatic heterocycles. The summed E-state index contributed by atoms with van der Waals surface area (Å²) >= 11 is -0.454. The minimum atomic E-state index is -5.03. The number of esters is 1. The maximum Gasteiger partial charge on any atom is 0.573 e. The number of benzene rings is 1. The molecule has 1 aromatic carbocycles. The Morgan fingerprint density at radius 1 is 1.26 bits per heavy atom. The number of halogens is 3. The van der Waals surface area contributed by atoms with Gasteiger partial charge in [-0.05, 0) is 73.6 Å². The third-order valence-electron chi connectivity index (χ3n) is 7.14. The number of rotatable bonds is 10. The van der Waals surface area contributed by atoms with Gasteiger partial charge in [0.2, 0.25) is 10.1 Å². The van der Waals surface area contributed by atoms with Crippen LogP contribution in [0.15, 0.2) is 34.8 Å². The van der Waals surface area contributed by atoms with Gasteiger partial charge in [-0.3, -0.25) is 4.79 Å². The molecule has 3 atom stereocenters. The van der Waals surface area contributed by atoms with Gasteiger partial charge in [0.15, 0.2) is 5.13 Å². The van der Waals surface area contributed by atoms with Crippen LogP contribution in [0.5, 0.6) is 5.75 Å². The summed E-state index contributed by atoms with van der Waals surface area (Å²) in [6.07, 6.45) is -0.613. The number of nitrogens with zero attached hydrogens (tertiary/aromatic N) is 4. The van der Waals surface area contributed by atoms with Crippen molar-refractivity contribution in [2.75, 3.05) is 30.3 Å². The zero-order valence-corrected chi connectivity index (χ0v) is 25.1. The van der Waals surface area contributed by atoms with Crippen LogP contribution in [0.1, 0.15) is 38.7 Å². The Morgan fingerprint density at radius 2 is 2.00 bits per heavy atom. The summed E-state index contributed by atoms with van der Waals surface area (Å²) in [6, 6.07) is 1.96. The van der Waals surface area contributed by atoms with E-state index in [1.165, 1.54) is 34.7 Å². The van der Waals surface area contributed by atoms with E-state index < -0.39 is 53.5 Å². The van der Waals surface area contributed by atoms with Crippen molar-refractivity contribution in [3.05, 3.63) is 36.2 Å². The molecule has 0 spiro atoms. The van der Waals surface area contributed by atoms with E-state index in [0.717, 1.165) is 37.1 Å². The van der Waals surface area contributed by atoms with Gasteiger partial charge in [0, 0.05) is 37.6 Å². The van der Waals surface area contributed by atoms with Crippen LogP contribution in [0.2, 0.25) is 0 Å². The number of nitrogens with two attached hydrogens (primary N) is 1. The lowest BCUT2D eigenvalue weighted by Gasteiger charge is -2.28. The highest BCUT2D eigenvalue weighted by atomic mass is 32.2. The summed E-state index contributed by atoms with van der Waals surface area (Å²) in [5.41, 5.74) is 5.90. The molecule has 5 rings (SSSR count). The number of thiazole rings is 1. The smallest absolute Gasteiger partial charge is 0.573 e. The zero-order chi connectivity index (χ0) is 30.9. The highest BCUT2D eigenvalue weighted by molar-refractivity contribution is 7.91. The number of nitrogens with one attached hydrogen (secondary N) is 1. The third-order valence-corrected chi connectivity index (χ3v) is 9.66. The number of alkyl halides is 3. The van der Waals surface area contributed by atoms with E-state index >= 15 is 0 Å². The highest BCUT2D eigenvalue weighted by Gasteiger charge is 2.43. The number of nitrogen functional groups attached to an aromatic ring is 1. The molecule has 4 heterocycles. The topological polar surface area (TPSA) is 146 Å². The molecule has 1 amide bonds. The Kier molecular flexibility index (Phi) is 9.20.